The number of nitrogens with zero attached hydrogens (tertiary/aromatic N) is 4. The van der Waals surface area contributed by atoms with Gasteiger partial charge >= 0.3 is 0 Å². The standard InChI is InChI=1S/C25H27FN4O2S/c1-3-28-11-13-29(14-12-28)24(32)21-6-4-5-19(15-21)17-30-16-18(2)33-25(30)27-23(31)20-7-9-22(26)10-8-20/h4-10,15-16H,3,11-14,17H2,1-2H3. The van der Waals surface area contributed by atoms with Gasteiger partial charge in [-0.05, 0) is 55.4 Å². The van der Waals surface area contributed by atoms with Crippen molar-refractivity contribution in [2.24, 2.45) is 4.99 Å². The molecule has 3 aromatic rings. The lowest BCUT2D eigenvalue weighted by Gasteiger charge is -2.34. The summed E-state index contributed by atoms with van der Waals surface area (Å²) in [4.78, 5) is 35.7. The third-order valence-corrected chi connectivity index (χ3v) is 6.69. The van der Waals surface area contributed by atoms with Gasteiger partial charge in [0.2, 0.25) is 0 Å². The SMILES string of the molecule is CCN1CCN(C(=O)c2cccc(Cn3cc(C)sc3=NC(=O)c3ccc(F)cc3)c2)CC1. The molecule has 0 aliphatic carbocycles. The Balaban J connectivity index is 1.53. The van der Waals surface area contributed by atoms with Gasteiger partial charge in [0, 0.05) is 54.9 Å². The second kappa shape index (κ2) is 10.2. The van der Waals surface area contributed by atoms with Crippen LogP contribution in [0.3, 0.4) is 0 Å². The molecule has 6 nitrogen and oxygen atoms in total. The summed E-state index contributed by atoms with van der Waals surface area (Å²) in [5, 5.41) is 0. The molecule has 172 valence electrons. The number of aromatic nitrogens is 1. The number of thiazole rings is 1. The van der Waals surface area contributed by atoms with E-state index in [0.717, 1.165) is 43.2 Å². The minimum atomic E-state index is -0.416. The Hall–Kier alpha value is -3.10. The largest absolute Gasteiger partial charge is 0.336 e. The normalized spacial score (nSPS) is 15.1. The quantitative estimate of drug-likeness (QED) is 0.578. The van der Waals surface area contributed by atoms with Crippen LogP contribution < -0.4 is 4.80 Å². The fourth-order valence-corrected chi connectivity index (χ4v) is 4.73. The third kappa shape index (κ3) is 5.64. The van der Waals surface area contributed by atoms with Gasteiger partial charge in [-0.3, -0.25) is 9.59 Å². The Labute approximate surface area is 196 Å². The molecule has 2 aromatic carbocycles. The first-order valence-electron chi connectivity index (χ1n) is 11.0. The average molecular weight is 467 g/mol. The minimum Gasteiger partial charge on any atom is -0.336 e. The van der Waals surface area contributed by atoms with Crippen LogP contribution in [0.1, 0.15) is 38.1 Å². The maximum Gasteiger partial charge on any atom is 0.279 e. The molecule has 1 fully saturated rings. The Morgan fingerprint density at radius 1 is 1.03 bits per heavy atom. The molecule has 0 atom stereocenters. The Morgan fingerprint density at radius 3 is 2.45 bits per heavy atom. The maximum absolute atomic E-state index is 13.2. The Kier molecular flexibility index (Phi) is 7.15. The first-order chi connectivity index (χ1) is 15.9. The number of carbonyl (C=O) groups excluding carboxylic acids is 2. The second-order valence-electron chi connectivity index (χ2n) is 8.10. The van der Waals surface area contributed by atoms with Crippen molar-refractivity contribution in [3.63, 3.8) is 0 Å². The summed E-state index contributed by atoms with van der Waals surface area (Å²) in [6.07, 6.45) is 1.94. The first-order valence-corrected chi connectivity index (χ1v) is 11.9. The zero-order valence-electron chi connectivity index (χ0n) is 18.8. The lowest BCUT2D eigenvalue weighted by atomic mass is 10.1. The Bertz CT molecular complexity index is 1210. The summed E-state index contributed by atoms with van der Waals surface area (Å²) in [6, 6.07) is 13.0. The van der Waals surface area contributed by atoms with Gasteiger partial charge < -0.3 is 14.4 Å². The fourth-order valence-electron chi connectivity index (χ4n) is 3.90. The van der Waals surface area contributed by atoms with Crippen LogP contribution in [0.25, 0.3) is 0 Å². The van der Waals surface area contributed by atoms with Gasteiger partial charge in [0.15, 0.2) is 4.80 Å². The second-order valence-corrected chi connectivity index (χ2v) is 9.32. The van der Waals surface area contributed by atoms with Crippen LogP contribution in [-0.2, 0) is 6.54 Å². The highest BCUT2D eigenvalue weighted by Gasteiger charge is 2.21. The van der Waals surface area contributed by atoms with Gasteiger partial charge in [-0.15, -0.1) is 11.3 Å². The van der Waals surface area contributed by atoms with Crippen LogP contribution in [0.15, 0.2) is 59.7 Å². The van der Waals surface area contributed by atoms with Gasteiger partial charge in [-0.25, -0.2) is 4.39 Å². The van der Waals surface area contributed by atoms with E-state index in [1.54, 1.807) is 0 Å². The molecular formula is C25H27FN4O2S. The molecular weight excluding hydrogens is 439 g/mol. The molecule has 0 spiro atoms. The maximum atomic E-state index is 13.2. The predicted molar refractivity (Wildman–Crippen MR) is 127 cm³/mol. The number of hydrogen-bond acceptors (Lipinski definition) is 4. The third-order valence-electron chi connectivity index (χ3n) is 5.76. The van der Waals surface area contributed by atoms with E-state index in [1.165, 1.54) is 35.6 Å². The summed E-state index contributed by atoms with van der Waals surface area (Å²) >= 11 is 1.42. The van der Waals surface area contributed by atoms with Crippen molar-refractivity contribution in [3.05, 3.63) is 86.9 Å². The van der Waals surface area contributed by atoms with E-state index in [0.29, 0.717) is 22.5 Å². The van der Waals surface area contributed by atoms with Gasteiger partial charge in [0.1, 0.15) is 5.82 Å². The zero-order valence-corrected chi connectivity index (χ0v) is 19.6. The number of amides is 2. The molecule has 0 saturated carbocycles. The molecule has 0 N–H and O–H groups in total. The lowest BCUT2D eigenvalue weighted by Crippen LogP contribution is -2.48. The van der Waals surface area contributed by atoms with Crippen molar-refractivity contribution < 1.29 is 14.0 Å². The van der Waals surface area contributed by atoms with E-state index in [1.807, 2.05) is 46.9 Å². The average Bonchev–Trinajstić information content (AvgIpc) is 3.17. The Morgan fingerprint density at radius 2 is 1.76 bits per heavy atom. The molecule has 2 amide bonds. The van der Waals surface area contributed by atoms with Crippen LogP contribution in [0.4, 0.5) is 4.39 Å². The van der Waals surface area contributed by atoms with Crippen molar-refractivity contribution in [1.29, 1.82) is 0 Å². The number of aryl methyl sites for hydroxylation is 1. The number of halogens is 1. The molecule has 1 aliphatic heterocycles. The molecule has 2 heterocycles. The molecule has 4 rings (SSSR count). The molecule has 0 bridgehead atoms. The van der Waals surface area contributed by atoms with Crippen LogP contribution >= 0.6 is 11.3 Å². The van der Waals surface area contributed by atoms with Crippen LogP contribution in [-0.4, -0.2) is 58.9 Å². The van der Waals surface area contributed by atoms with E-state index in [-0.39, 0.29) is 5.91 Å². The van der Waals surface area contributed by atoms with Crippen LogP contribution in [0, 0.1) is 12.7 Å². The van der Waals surface area contributed by atoms with E-state index in [4.69, 9.17) is 0 Å². The summed E-state index contributed by atoms with van der Waals surface area (Å²) < 4.78 is 15.1. The number of likely N-dealkylation sites (N-methyl/N-ethyl adjacent to an activating group) is 1. The summed E-state index contributed by atoms with van der Waals surface area (Å²) in [6.45, 7) is 8.87. The van der Waals surface area contributed by atoms with Gasteiger partial charge in [0.05, 0.1) is 0 Å². The fraction of sp³-hybridized carbons (Fsp3) is 0.320. The highest BCUT2D eigenvalue weighted by Crippen LogP contribution is 2.13. The van der Waals surface area contributed by atoms with Crippen LogP contribution in [0.2, 0.25) is 0 Å². The van der Waals surface area contributed by atoms with Crippen molar-refractivity contribution in [1.82, 2.24) is 14.4 Å². The number of piperazine rings is 1. The molecule has 33 heavy (non-hydrogen) atoms. The highest BCUT2D eigenvalue weighted by atomic mass is 32.1. The topological polar surface area (TPSA) is 57.9 Å². The molecule has 1 aromatic heterocycles. The lowest BCUT2D eigenvalue weighted by molar-refractivity contribution is 0.0643. The number of benzene rings is 2. The van der Waals surface area contributed by atoms with E-state index >= 15 is 0 Å². The first kappa shape index (κ1) is 23.1. The van der Waals surface area contributed by atoms with E-state index in [2.05, 4.69) is 16.8 Å². The monoisotopic (exact) mass is 466 g/mol. The van der Waals surface area contributed by atoms with Gasteiger partial charge in [-0.1, -0.05) is 19.1 Å². The summed E-state index contributed by atoms with van der Waals surface area (Å²) in [5.74, 6) is -0.758. The summed E-state index contributed by atoms with van der Waals surface area (Å²) in [7, 11) is 0. The number of hydrogen-bond donors (Lipinski definition) is 0. The molecule has 1 aliphatic rings. The molecule has 0 unspecified atom stereocenters. The number of carbonyl (C=O) groups is 2. The number of rotatable bonds is 5. The van der Waals surface area contributed by atoms with Gasteiger partial charge in [0.25, 0.3) is 11.8 Å². The zero-order chi connectivity index (χ0) is 23.4. The molecule has 1 saturated heterocycles. The summed E-state index contributed by atoms with van der Waals surface area (Å²) in [5.41, 5.74) is 1.97. The van der Waals surface area contributed by atoms with E-state index < -0.39 is 11.7 Å². The van der Waals surface area contributed by atoms with Crippen molar-refractivity contribution in [2.45, 2.75) is 20.4 Å². The molecule has 8 heteroatoms. The van der Waals surface area contributed by atoms with Crippen molar-refractivity contribution in [2.75, 3.05) is 32.7 Å². The van der Waals surface area contributed by atoms with E-state index in [9.17, 15) is 14.0 Å². The minimum absolute atomic E-state index is 0.0514. The smallest absolute Gasteiger partial charge is 0.279 e. The highest BCUT2D eigenvalue weighted by molar-refractivity contribution is 7.09. The van der Waals surface area contributed by atoms with Crippen LogP contribution in [0.5, 0.6) is 0 Å². The van der Waals surface area contributed by atoms with Crippen molar-refractivity contribution >= 4 is 23.2 Å². The molecule has 0 radical (unpaired) electrons. The van der Waals surface area contributed by atoms with Gasteiger partial charge in [-0.2, -0.15) is 4.99 Å². The van der Waals surface area contributed by atoms with Crippen molar-refractivity contribution in [3.8, 4) is 0 Å². The predicted octanol–water partition coefficient (Wildman–Crippen LogP) is 3.56.